The first-order valence-electron chi connectivity index (χ1n) is 6.35. The summed E-state index contributed by atoms with van der Waals surface area (Å²) in [6.45, 7) is 9.03. The van der Waals surface area contributed by atoms with Crippen molar-refractivity contribution in [3.63, 3.8) is 0 Å². The predicted octanol–water partition coefficient (Wildman–Crippen LogP) is 0.204. The summed E-state index contributed by atoms with van der Waals surface area (Å²) < 4.78 is 10.0. The Morgan fingerprint density at radius 1 is 1.35 bits per heavy atom. The lowest BCUT2D eigenvalue weighted by Gasteiger charge is -2.29. The third-order valence-corrected chi connectivity index (χ3v) is 2.96. The van der Waals surface area contributed by atoms with Crippen molar-refractivity contribution in [2.45, 2.75) is 13.3 Å². The second-order valence-electron chi connectivity index (χ2n) is 4.31. The minimum Gasteiger partial charge on any atom is -0.468 e. The van der Waals surface area contributed by atoms with Crippen LogP contribution in [-0.4, -0.2) is 75.4 Å². The van der Waals surface area contributed by atoms with Crippen molar-refractivity contribution in [1.29, 1.82) is 0 Å². The number of hydrogen-bond donors (Lipinski definition) is 0. The van der Waals surface area contributed by atoms with Crippen LogP contribution < -0.4 is 0 Å². The molecule has 1 aliphatic rings. The summed E-state index contributed by atoms with van der Waals surface area (Å²) in [5, 5.41) is 0. The zero-order chi connectivity index (χ0) is 12.5. The van der Waals surface area contributed by atoms with Crippen LogP contribution in [0.25, 0.3) is 0 Å². The maximum absolute atomic E-state index is 11.3. The fourth-order valence-electron chi connectivity index (χ4n) is 1.94. The molecule has 0 amide bonds. The van der Waals surface area contributed by atoms with Gasteiger partial charge in [0.1, 0.15) is 0 Å². The summed E-state index contributed by atoms with van der Waals surface area (Å²) in [4.78, 5) is 15.8. The molecule has 0 saturated carbocycles. The van der Waals surface area contributed by atoms with Gasteiger partial charge in [0.05, 0.1) is 26.9 Å². The molecule has 0 aromatic heterocycles. The lowest BCUT2D eigenvalue weighted by atomic mass is 10.3. The standard InChI is InChI=1S/C12H24N2O3/c1-3-4-14(11-12(15)16-2)6-5-13-7-9-17-10-8-13/h3-11H2,1-2H3. The fourth-order valence-corrected chi connectivity index (χ4v) is 1.94. The Kier molecular flexibility index (Phi) is 7.16. The van der Waals surface area contributed by atoms with Crippen LogP contribution in [0.4, 0.5) is 0 Å². The number of esters is 1. The third kappa shape index (κ3) is 6.00. The van der Waals surface area contributed by atoms with Crippen LogP contribution >= 0.6 is 0 Å². The molecule has 17 heavy (non-hydrogen) atoms. The van der Waals surface area contributed by atoms with E-state index in [1.165, 1.54) is 7.11 Å². The number of hydrogen-bond acceptors (Lipinski definition) is 5. The van der Waals surface area contributed by atoms with E-state index < -0.39 is 0 Å². The number of rotatable bonds is 7. The molecule has 0 aliphatic carbocycles. The number of ether oxygens (including phenoxy) is 2. The van der Waals surface area contributed by atoms with Crippen LogP contribution in [0.1, 0.15) is 13.3 Å². The van der Waals surface area contributed by atoms with Crippen LogP contribution in [0.2, 0.25) is 0 Å². The van der Waals surface area contributed by atoms with Gasteiger partial charge in [-0.3, -0.25) is 14.6 Å². The summed E-state index contributed by atoms with van der Waals surface area (Å²) in [5.74, 6) is -0.152. The molecule has 100 valence electrons. The Balaban J connectivity index is 2.24. The average molecular weight is 244 g/mol. The van der Waals surface area contributed by atoms with Crippen molar-refractivity contribution < 1.29 is 14.3 Å². The molecule has 1 saturated heterocycles. The second-order valence-corrected chi connectivity index (χ2v) is 4.31. The van der Waals surface area contributed by atoms with Crippen LogP contribution in [0, 0.1) is 0 Å². The highest BCUT2D eigenvalue weighted by atomic mass is 16.5. The van der Waals surface area contributed by atoms with Gasteiger partial charge in [0.2, 0.25) is 0 Å². The largest absolute Gasteiger partial charge is 0.468 e. The molecule has 0 spiro atoms. The van der Waals surface area contributed by atoms with Crippen LogP contribution in [0.15, 0.2) is 0 Å². The highest BCUT2D eigenvalue weighted by Gasteiger charge is 2.14. The maximum atomic E-state index is 11.3. The molecule has 0 atom stereocenters. The smallest absolute Gasteiger partial charge is 0.319 e. The van der Waals surface area contributed by atoms with E-state index in [2.05, 4.69) is 16.7 Å². The van der Waals surface area contributed by atoms with E-state index in [1.807, 2.05) is 0 Å². The number of methoxy groups -OCH3 is 1. The van der Waals surface area contributed by atoms with Gasteiger partial charge in [-0.05, 0) is 13.0 Å². The number of carbonyl (C=O) groups excluding carboxylic acids is 1. The Morgan fingerprint density at radius 3 is 2.65 bits per heavy atom. The molecule has 0 bridgehead atoms. The first-order valence-corrected chi connectivity index (χ1v) is 6.35. The van der Waals surface area contributed by atoms with E-state index in [-0.39, 0.29) is 5.97 Å². The molecule has 0 aromatic rings. The summed E-state index contributed by atoms with van der Waals surface area (Å²) in [7, 11) is 1.44. The number of nitrogens with zero attached hydrogens (tertiary/aromatic N) is 2. The third-order valence-electron chi connectivity index (χ3n) is 2.96. The van der Waals surface area contributed by atoms with Crippen molar-refractivity contribution in [1.82, 2.24) is 9.80 Å². The first-order chi connectivity index (χ1) is 8.26. The summed E-state index contributed by atoms with van der Waals surface area (Å²) in [6.07, 6.45) is 1.06. The van der Waals surface area contributed by atoms with Crippen molar-refractivity contribution in [2.24, 2.45) is 0 Å². The second kappa shape index (κ2) is 8.44. The molecule has 1 fully saturated rings. The van der Waals surface area contributed by atoms with Crippen molar-refractivity contribution >= 4 is 5.97 Å². The zero-order valence-corrected chi connectivity index (χ0v) is 11.0. The quantitative estimate of drug-likeness (QED) is 0.599. The van der Waals surface area contributed by atoms with Crippen LogP contribution in [-0.2, 0) is 14.3 Å². The van der Waals surface area contributed by atoms with Crippen molar-refractivity contribution in [3.8, 4) is 0 Å². The van der Waals surface area contributed by atoms with Crippen molar-refractivity contribution in [3.05, 3.63) is 0 Å². The molecule has 0 unspecified atom stereocenters. The lowest BCUT2D eigenvalue weighted by molar-refractivity contribution is -0.142. The Labute approximate surface area is 104 Å². The molecule has 1 heterocycles. The van der Waals surface area contributed by atoms with E-state index in [0.29, 0.717) is 6.54 Å². The van der Waals surface area contributed by atoms with Gasteiger partial charge in [-0.25, -0.2) is 0 Å². The van der Waals surface area contributed by atoms with Crippen LogP contribution in [0.5, 0.6) is 0 Å². The molecule has 1 rings (SSSR count). The number of morpholine rings is 1. The summed E-state index contributed by atoms with van der Waals surface area (Å²) in [5.41, 5.74) is 0. The fraction of sp³-hybridized carbons (Fsp3) is 0.917. The van der Waals surface area contributed by atoms with Crippen molar-refractivity contribution in [2.75, 3.05) is 59.6 Å². The topological polar surface area (TPSA) is 42.0 Å². The highest BCUT2D eigenvalue weighted by Crippen LogP contribution is 1.99. The molecule has 5 nitrogen and oxygen atoms in total. The molecule has 0 aromatic carbocycles. The monoisotopic (exact) mass is 244 g/mol. The van der Waals surface area contributed by atoms with E-state index in [0.717, 1.165) is 52.4 Å². The molecule has 5 heteroatoms. The normalized spacial score (nSPS) is 17.4. The molecule has 1 aliphatic heterocycles. The van der Waals surface area contributed by atoms with Gasteiger partial charge in [0.15, 0.2) is 0 Å². The average Bonchev–Trinajstić information content (AvgIpc) is 2.37. The molecular formula is C12H24N2O3. The van der Waals surface area contributed by atoms with Gasteiger partial charge in [0.25, 0.3) is 0 Å². The first kappa shape index (κ1) is 14.4. The molecular weight excluding hydrogens is 220 g/mol. The van der Waals surface area contributed by atoms with Gasteiger partial charge in [-0.1, -0.05) is 6.92 Å². The maximum Gasteiger partial charge on any atom is 0.319 e. The zero-order valence-electron chi connectivity index (χ0n) is 11.0. The Hall–Kier alpha value is -0.650. The van der Waals surface area contributed by atoms with E-state index in [1.54, 1.807) is 0 Å². The predicted molar refractivity (Wildman–Crippen MR) is 66.0 cm³/mol. The van der Waals surface area contributed by atoms with Gasteiger partial charge >= 0.3 is 5.97 Å². The summed E-state index contributed by atoms with van der Waals surface area (Å²) >= 11 is 0. The van der Waals surface area contributed by atoms with E-state index in [9.17, 15) is 4.79 Å². The lowest BCUT2D eigenvalue weighted by Crippen LogP contribution is -2.42. The minimum absolute atomic E-state index is 0.152. The van der Waals surface area contributed by atoms with E-state index in [4.69, 9.17) is 9.47 Å². The Morgan fingerprint density at radius 2 is 2.06 bits per heavy atom. The van der Waals surface area contributed by atoms with Gasteiger partial charge in [0, 0.05) is 26.2 Å². The van der Waals surface area contributed by atoms with E-state index >= 15 is 0 Å². The SMILES string of the molecule is CCCN(CCN1CCOCC1)CC(=O)OC. The molecule has 0 radical (unpaired) electrons. The van der Waals surface area contributed by atoms with Gasteiger partial charge in [-0.15, -0.1) is 0 Å². The minimum atomic E-state index is -0.152. The summed E-state index contributed by atoms with van der Waals surface area (Å²) in [6, 6.07) is 0. The number of carbonyl (C=O) groups is 1. The van der Waals surface area contributed by atoms with Gasteiger partial charge < -0.3 is 9.47 Å². The highest BCUT2D eigenvalue weighted by molar-refractivity contribution is 5.71. The van der Waals surface area contributed by atoms with Crippen LogP contribution in [0.3, 0.4) is 0 Å². The molecule has 0 N–H and O–H groups in total. The Bertz CT molecular complexity index is 218. The van der Waals surface area contributed by atoms with Gasteiger partial charge in [-0.2, -0.15) is 0 Å².